The molecular formula is C12H23N3S2. The average Bonchev–Trinajstić information content (AvgIpc) is 2.72. The Balaban J connectivity index is 2.83. The van der Waals surface area contributed by atoms with Crippen LogP contribution < -0.4 is 10.2 Å². The Kier molecular flexibility index (Phi) is 6.30. The maximum Gasteiger partial charge on any atom is 0.185 e. The molecule has 0 amide bonds. The first-order valence-corrected chi connectivity index (χ1v) is 8.20. The van der Waals surface area contributed by atoms with Gasteiger partial charge in [-0.15, -0.1) is 11.3 Å². The summed E-state index contributed by atoms with van der Waals surface area (Å²) in [5.74, 6) is 1.14. The lowest BCUT2D eigenvalue weighted by molar-refractivity contribution is 0.759. The van der Waals surface area contributed by atoms with E-state index in [4.69, 9.17) is 4.98 Å². The number of thiazole rings is 1. The van der Waals surface area contributed by atoms with Gasteiger partial charge in [0.25, 0.3) is 0 Å². The van der Waals surface area contributed by atoms with E-state index >= 15 is 0 Å². The van der Waals surface area contributed by atoms with Crippen LogP contribution in [0.5, 0.6) is 0 Å². The minimum absolute atomic E-state index is 0.531. The normalized spacial score (nSPS) is 12.8. The van der Waals surface area contributed by atoms with Crippen LogP contribution in [-0.2, 0) is 13.0 Å². The van der Waals surface area contributed by atoms with E-state index in [1.54, 1.807) is 0 Å². The quantitative estimate of drug-likeness (QED) is 0.826. The number of nitrogens with one attached hydrogen (secondary N) is 1. The molecule has 0 aromatic carbocycles. The Morgan fingerprint density at radius 3 is 2.76 bits per heavy atom. The van der Waals surface area contributed by atoms with Crippen molar-refractivity contribution in [2.75, 3.05) is 31.0 Å². The van der Waals surface area contributed by atoms with E-state index in [2.05, 4.69) is 37.4 Å². The molecule has 0 bridgehead atoms. The molecule has 0 radical (unpaired) electrons. The summed E-state index contributed by atoms with van der Waals surface area (Å²) in [4.78, 5) is 8.41. The molecule has 5 heteroatoms. The van der Waals surface area contributed by atoms with Gasteiger partial charge < -0.3 is 10.2 Å². The standard InChI is InChI=1S/C12H23N3S2/c1-6-10-11(7-13-3)17-12(14-10)15(4)9(2)8-16-5/h9,13H,6-8H2,1-5H3. The summed E-state index contributed by atoms with van der Waals surface area (Å²) in [7, 11) is 4.13. The van der Waals surface area contributed by atoms with Gasteiger partial charge in [-0.1, -0.05) is 6.92 Å². The summed E-state index contributed by atoms with van der Waals surface area (Å²) in [6, 6.07) is 0.531. The largest absolute Gasteiger partial charge is 0.348 e. The Morgan fingerprint density at radius 2 is 2.24 bits per heavy atom. The van der Waals surface area contributed by atoms with Crippen LogP contribution in [0.15, 0.2) is 0 Å². The van der Waals surface area contributed by atoms with Crippen molar-refractivity contribution < 1.29 is 0 Å². The first-order chi connectivity index (χ1) is 8.13. The summed E-state index contributed by atoms with van der Waals surface area (Å²) >= 11 is 3.70. The van der Waals surface area contributed by atoms with Gasteiger partial charge in [0, 0.05) is 30.3 Å². The summed E-state index contributed by atoms with van der Waals surface area (Å²) in [5.41, 5.74) is 1.24. The lowest BCUT2D eigenvalue weighted by Crippen LogP contribution is -2.30. The predicted molar refractivity (Wildman–Crippen MR) is 80.5 cm³/mol. The Morgan fingerprint density at radius 1 is 1.53 bits per heavy atom. The van der Waals surface area contributed by atoms with E-state index in [-0.39, 0.29) is 0 Å². The highest BCUT2D eigenvalue weighted by atomic mass is 32.2. The number of nitrogens with zero attached hydrogens (tertiary/aromatic N) is 2. The molecule has 0 saturated carbocycles. The zero-order chi connectivity index (χ0) is 12.8. The molecule has 98 valence electrons. The second-order valence-electron chi connectivity index (χ2n) is 4.17. The zero-order valence-corrected chi connectivity index (χ0v) is 13.0. The molecule has 17 heavy (non-hydrogen) atoms. The molecule has 1 rings (SSSR count). The number of rotatable bonds is 7. The van der Waals surface area contributed by atoms with E-state index in [9.17, 15) is 0 Å². The van der Waals surface area contributed by atoms with Gasteiger partial charge in [-0.3, -0.25) is 0 Å². The minimum Gasteiger partial charge on any atom is -0.348 e. The lowest BCUT2D eigenvalue weighted by atomic mass is 10.3. The monoisotopic (exact) mass is 273 g/mol. The summed E-state index contributed by atoms with van der Waals surface area (Å²) in [6.07, 6.45) is 3.16. The van der Waals surface area contributed by atoms with Gasteiger partial charge in [-0.25, -0.2) is 4.98 Å². The van der Waals surface area contributed by atoms with E-state index in [0.717, 1.165) is 23.8 Å². The summed E-state index contributed by atoms with van der Waals surface area (Å²) in [5, 5.41) is 4.36. The van der Waals surface area contributed by atoms with Crippen molar-refractivity contribution in [1.82, 2.24) is 10.3 Å². The first kappa shape index (κ1) is 14.8. The van der Waals surface area contributed by atoms with Crippen LogP contribution in [0, 0.1) is 0 Å². The van der Waals surface area contributed by atoms with Crippen LogP contribution in [0.4, 0.5) is 5.13 Å². The minimum atomic E-state index is 0.531. The Hall–Kier alpha value is -0.260. The van der Waals surface area contributed by atoms with E-state index < -0.39 is 0 Å². The van der Waals surface area contributed by atoms with Crippen molar-refractivity contribution in [2.24, 2.45) is 0 Å². The van der Waals surface area contributed by atoms with Crippen LogP contribution in [0.3, 0.4) is 0 Å². The molecule has 0 aliphatic heterocycles. The lowest BCUT2D eigenvalue weighted by Gasteiger charge is -2.23. The molecule has 1 aromatic heterocycles. The molecule has 0 spiro atoms. The van der Waals surface area contributed by atoms with Crippen molar-refractivity contribution in [2.45, 2.75) is 32.9 Å². The Labute approximate surface area is 113 Å². The number of aromatic nitrogens is 1. The maximum atomic E-state index is 4.75. The first-order valence-electron chi connectivity index (χ1n) is 5.98. The van der Waals surface area contributed by atoms with Crippen LogP contribution in [0.2, 0.25) is 0 Å². The highest BCUT2D eigenvalue weighted by Crippen LogP contribution is 2.27. The fourth-order valence-corrected chi connectivity index (χ4v) is 3.57. The third-order valence-corrected chi connectivity index (χ3v) is 4.81. The van der Waals surface area contributed by atoms with Crippen molar-refractivity contribution in [3.63, 3.8) is 0 Å². The smallest absolute Gasteiger partial charge is 0.185 e. The molecular weight excluding hydrogens is 250 g/mol. The maximum absolute atomic E-state index is 4.75. The van der Waals surface area contributed by atoms with Crippen LogP contribution in [0.25, 0.3) is 0 Å². The van der Waals surface area contributed by atoms with E-state index in [1.165, 1.54) is 10.6 Å². The highest BCUT2D eigenvalue weighted by Gasteiger charge is 2.16. The molecule has 1 N–H and O–H groups in total. The van der Waals surface area contributed by atoms with Gasteiger partial charge >= 0.3 is 0 Å². The van der Waals surface area contributed by atoms with E-state index in [1.807, 2.05) is 30.1 Å². The van der Waals surface area contributed by atoms with Gasteiger partial charge in [0.1, 0.15) is 0 Å². The van der Waals surface area contributed by atoms with Gasteiger partial charge in [0.2, 0.25) is 0 Å². The fraction of sp³-hybridized carbons (Fsp3) is 0.750. The number of anilines is 1. The third-order valence-electron chi connectivity index (χ3n) is 2.81. The molecule has 0 fully saturated rings. The van der Waals surface area contributed by atoms with Gasteiger partial charge in [0.05, 0.1) is 5.69 Å². The SMILES string of the molecule is CCc1nc(N(C)C(C)CSC)sc1CNC. The van der Waals surface area contributed by atoms with Crippen LogP contribution in [-0.4, -0.2) is 37.1 Å². The molecule has 1 aromatic rings. The molecule has 1 heterocycles. The molecule has 0 saturated heterocycles. The molecule has 1 atom stereocenters. The Bertz CT molecular complexity index is 338. The van der Waals surface area contributed by atoms with Crippen molar-refractivity contribution in [1.29, 1.82) is 0 Å². The zero-order valence-electron chi connectivity index (χ0n) is 11.4. The second-order valence-corrected chi connectivity index (χ2v) is 6.14. The summed E-state index contributed by atoms with van der Waals surface area (Å²) in [6.45, 7) is 5.34. The number of aryl methyl sites for hydroxylation is 1. The molecule has 0 aliphatic rings. The van der Waals surface area contributed by atoms with Crippen molar-refractivity contribution >= 4 is 28.2 Å². The summed E-state index contributed by atoms with van der Waals surface area (Å²) < 4.78 is 0. The predicted octanol–water partition coefficient (Wildman–Crippen LogP) is 2.61. The number of thioether (sulfide) groups is 1. The number of hydrogen-bond donors (Lipinski definition) is 1. The van der Waals surface area contributed by atoms with Gasteiger partial charge in [-0.05, 0) is 26.6 Å². The van der Waals surface area contributed by atoms with Gasteiger partial charge in [0.15, 0.2) is 5.13 Å². The van der Waals surface area contributed by atoms with E-state index in [0.29, 0.717) is 6.04 Å². The van der Waals surface area contributed by atoms with Crippen molar-refractivity contribution in [3.05, 3.63) is 10.6 Å². The highest BCUT2D eigenvalue weighted by molar-refractivity contribution is 7.98. The topological polar surface area (TPSA) is 28.2 Å². The van der Waals surface area contributed by atoms with Crippen LogP contribution in [0.1, 0.15) is 24.4 Å². The molecule has 0 aliphatic carbocycles. The third kappa shape index (κ3) is 3.86. The van der Waals surface area contributed by atoms with Crippen molar-refractivity contribution in [3.8, 4) is 0 Å². The number of hydrogen-bond acceptors (Lipinski definition) is 5. The van der Waals surface area contributed by atoms with Gasteiger partial charge in [-0.2, -0.15) is 11.8 Å². The molecule has 3 nitrogen and oxygen atoms in total. The van der Waals surface area contributed by atoms with Crippen LogP contribution >= 0.6 is 23.1 Å². The fourth-order valence-electron chi connectivity index (χ4n) is 1.64. The second kappa shape index (κ2) is 7.24. The average molecular weight is 273 g/mol. The molecule has 1 unspecified atom stereocenters.